The third kappa shape index (κ3) is 3.52. The predicted molar refractivity (Wildman–Crippen MR) is 77.9 cm³/mol. The molecule has 0 unspecified atom stereocenters. The van der Waals surface area contributed by atoms with Crippen LogP contribution in [0, 0.1) is 6.92 Å². The first-order valence-electron chi connectivity index (χ1n) is 5.81. The first kappa shape index (κ1) is 14.0. The van der Waals surface area contributed by atoms with Gasteiger partial charge in [0.15, 0.2) is 5.13 Å². The number of carbonyl (C=O) groups is 2. The van der Waals surface area contributed by atoms with Crippen molar-refractivity contribution in [3.8, 4) is 0 Å². The zero-order chi connectivity index (χ0) is 14.5. The van der Waals surface area contributed by atoms with Crippen LogP contribution in [0.15, 0.2) is 36.4 Å². The Morgan fingerprint density at radius 1 is 1.30 bits per heavy atom. The number of thiazole rings is 1. The Labute approximate surface area is 119 Å². The van der Waals surface area contributed by atoms with Crippen LogP contribution in [0.1, 0.15) is 20.9 Å². The van der Waals surface area contributed by atoms with Crippen molar-refractivity contribution in [3.05, 3.63) is 52.5 Å². The van der Waals surface area contributed by atoms with Gasteiger partial charge in [-0.3, -0.25) is 10.1 Å². The highest BCUT2D eigenvalue weighted by molar-refractivity contribution is 7.17. The van der Waals surface area contributed by atoms with Gasteiger partial charge in [0, 0.05) is 6.08 Å². The average molecular weight is 288 g/mol. The standard InChI is InChI=1S/C14H12N2O3S/c1-9-12(13(18)19)20-14(15-9)16-11(17)8-7-10-5-3-2-4-6-10/h2-8H,1H3,(H,18,19)(H,15,16,17). The molecule has 2 N–H and O–H groups in total. The van der Waals surface area contributed by atoms with Crippen LogP contribution in [0.4, 0.5) is 5.13 Å². The summed E-state index contributed by atoms with van der Waals surface area (Å²) in [5, 5.41) is 11.7. The first-order valence-corrected chi connectivity index (χ1v) is 6.63. The van der Waals surface area contributed by atoms with E-state index in [0.717, 1.165) is 16.9 Å². The Kier molecular flexibility index (Phi) is 4.27. The molecule has 0 fully saturated rings. The van der Waals surface area contributed by atoms with Crippen molar-refractivity contribution in [2.24, 2.45) is 0 Å². The number of aryl methyl sites for hydroxylation is 1. The number of hydrogen-bond donors (Lipinski definition) is 2. The van der Waals surface area contributed by atoms with Crippen molar-refractivity contribution in [3.63, 3.8) is 0 Å². The zero-order valence-corrected chi connectivity index (χ0v) is 11.5. The number of nitrogens with zero attached hydrogens (tertiary/aromatic N) is 1. The molecule has 0 atom stereocenters. The minimum atomic E-state index is -1.04. The normalized spacial score (nSPS) is 10.7. The molecule has 6 heteroatoms. The van der Waals surface area contributed by atoms with E-state index in [1.807, 2.05) is 30.3 Å². The maximum Gasteiger partial charge on any atom is 0.347 e. The lowest BCUT2D eigenvalue weighted by atomic mass is 10.2. The van der Waals surface area contributed by atoms with E-state index in [9.17, 15) is 9.59 Å². The number of amides is 1. The zero-order valence-electron chi connectivity index (χ0n) is 10.7. The summed E-state index contributed by atoms with van der Waals surface area (Å²) in [5.74, 6) is -1.39. The average Bonchev–Trinajstić information content (AvgIpc) is 2.78. The van der Waals surface area contributed by atoms with Gasteiger partial charge in [-0.15, -0.1) is 0 Å². The summed E-state index contributed by atoms with van der Waals surface area (Å²) in [7, 11) is 0. The van der Waals surface area contributed by atoms with E-state index >= 15 is 0 Å². The number of carbonyl (C=O) groups excluding carboxylic acids is 1. The molecule has 0 saturated heterocycles. The molecular formula is C14H12N2O3S. The summed E-state index contributed by atoms with van der Waals surface area (Å²) in [6.45, 7) is 1.59. The van der Waals surface area contributed by atoms with Gasteiger partial charge in [-0.05, 0) is 18.6 Å². The smallest absolute Gasteiger partial charge is 0.347 e. The van der Waals surface area contributed by atoms with Crippen molar-refractivity contribution in [1.82, 2.24) is 4.98 Å². The molecule has 1 aromatic carbocycles. The van der Waals surface area contributed by atoms with E-state index < -0.39 is 5.97 Å². The highest BCUT2D eigenvalue weighted by Crippen LogP contribution is 2.22. The Balaban J connectivity index is 2.03. The molecule has 0 saturated carbocycles. The molecule has 2 rings (SSSR count). The lowest BCUT2D eigenvalue weighted by Gasteiger charge is -1.95. The number of hydrogen-bond acceptors (Lipinski definition) is 4. The van der Waals surface area contributed by atoms with Gasteiger partial charge in [0.2, 0.25) is 5.91 Å². The Morgan fingerprint density at radius 2 is 2.00 bits per heavy atom. The van der Waals surface area contributed by atoms with Crippen LogP contribution in [0.25, 0.3) is 6.08 Å². The van der Waals surface area contributed by atoms with E-state index in [4.69, 9.17) is 5.11 Å². The van der Waals surface area contributed by atoms with Gasteiger partial charge < -0.3 is 5.11 Å². The van der Waals surface area contributed by atoms with Crippen LogP contribution in [-0.4, -0.2) is 22.0 Å². The third-order valence-electron chi connectivity index (χ3n) is 2.45. The van der Waals surface area contributed by atoms with Gasteiger partial charge in [-0.1, -0.05) is 41.7 Å². The van der Waals surface area contributed by atoms with Crippen LogP contribution < -0.4 is 5.32 Å². The number of carboxylic acid groups (broad SMARTS) is 1. The summed E-state index contributed by atoms with van der Waals surface area (Å²) in [6, 6.07) is 9.39. The minimum absolute atomic E-state index is 0.132. The van der Waals surface area contributed by atoms with Gasteiger partial charge in [0.1, 0.15) is 4.88 Å². The van der Waals surface area contributed by atoms with E-state index in [1.54, 1.807) is 13.0 Å². The minimum Gasteiger partial charge on any atom is -0.477 e. The second kappa shape index (κ2) is 6.12. The fourth-order valence-corrected chi connectivity index (χ4v) is 2.34. The molecule has 2 aromatic rings. The largest absolute Gasteiger partial charge is 0.477 e. The van der Waals surface area contributed by atoms with Crippen LogP contribution in [0.2, 0.25) is 0 Å². The molecule has 0 radical (unpaired) electrons. The molecule has 0 aliphatic heterocycles. The van der Waals surface area contributed by atoms with Gasteiger partial charge in [-0.2, -0.15) is 0 Å². The molecule has 0 bridgehead atoms. The molecule has 0 aliphatic rings. The Bertz CT molecular complexity index is 662. The molecule has 5 nitrogen and oxygen atoms in total. The lowest BCUT2D eigenvalue weighted by molar-refractivity contribution is -0.111. The highest BCUT2D eigenvalue weighted by Gasteiger charge is 2.14. The van der Waals surface area contributed by atoms with Crippen LogP contribution in [0.3, 0.4) is 0 Å². The van der Waals surface area contributed by atoms with E-state index in [2.05, 4.69) is 10.3 Å². The van der Waals surface area contributed by atoms with Gasteiger partial charge in [0.25, 0.3) is 0 Å². The number of benzene rings is 1. The molecule has 1 heterocycles. The monoisotopic (exact) mass is 288 g/mol. The van der Waals surface area contributed by atoms with E-state index in [1.165, 1.54) is 6.08 Å². The van der Waals surface area contributed by atoms with E-state index in [-0.39, 0.29) is 15.9 Å². The number of aromatic nitrogens is 1. The van der Waals surface area contributed by atoms with Crippen molar-refractivity contribution >= 4 is 34.4 Å². The van der Waals surface area contributed by atoms with Gasteiger partial charge in [0.05, 0.1) is 5.69 Å². The first-order chi connectivity index (χ1) is 9.56. The third-order valence-corrected chi connectivity index (χ3v) is 3.51. The van der Waals surface area contributed by atoms with Crippen LogP contribution >= 0.6 is 11.3 Å². The quantitative estimate of drug-likeness (QED) is 0.848. The number of aromatic carboxylic acids is 1. The summed E-state index contributed by atoms with van der Waals surface area (Å²) >= 11 is 0.941. The lowest BCUT2D eigenvalue weighted by Crippen LogP contribution is -2.07. The van der Waals surface area contributed by atoms with Crippen LogP contribution in [-0.2, 0) is 4.79 Å². The SMILES string of the molecule is Cc1nc(NC(=O)C=Cc2ccccc2)sc1C(=O)O. The van der Waals surface area contributed by atoms with Crippen molar-refractivity contribution in [2.75, 3.05) is 5.32 Å². The number of nitrogens with one attached hydrogen (secondary N) is 1. The fraction of sp³-hybridized carbons (Fsp3) is 0.0714. The maximum absolute atomic E-state index is 11.7. The molecule has 0 aliphatic carbocycles. The molecule has 102 valence electrons. The van der Waals surface area contributed by atoms with Gasteiger partial charge in [-0.25, -0.2) is 9.78 Å². The topological polar surface area (TPSA) is 79.3 Å². The molecular weight excluding hydrogens is 276 g/mol. The molecule has 0 spiro atoms. The summed E-state index contributed by atoms with van der Waals surface area (Å²) in [5.41, 5.74) is 1.30. The van der Waals surface area contributed by atoms with Crippen molar-refractivity contribution in [1.29, 1.82) is 0 Å². The second-order valence-corrected chi connectivity index (χ2v) is 4.97. The van der Waals surface area contributed by atoms with Crippen molar-refractivity contribution in [2.45, 2.75) is 6.92 Å². The number of rotatable bonds is 4. The van der Waals surface area contributed by atoms with Gasteiger partial charge >= 0.3 is 5.97 Å². The summed E-state index contributed by atoms with van der Waals surface area (Å²) in [4.78, 5) is 26.7. The number of carboxylic acids is 1. The van der Waals surface area contributed by atoms with E-state index in [0.29, 0.717) is 5.69 Å². The maximum atomic E-state index is 11.7. The highest BCUT2D eigenvalue weighted by atomic mass is 32.1. The molecule has 20 heavy (non-hydrogen) atoms. The van der Waals surface area contributed by atoms with Crippen molar-refractivity contribution < 1.29 is 14.7 Å². The summed E-state index contributed by atoms with van der Waals surface area (Å²) in [6.07, 6.45) is 3.06. The fourth-order valence-electron chi connectivity index (χ4n) is 1.53. The predicted octanol–water partition coefficient (Wildman–Crippen LogP) is 2.80. The molecule has 1 aromatic heterocycles. The molecule has 1 amide bonds. The Hall–Kier alpha value is -2.47. The van der Waals surface area contributed by atoms with Crippen LogP contribution in [0.5, 0.6) is 0 Å². The second-order valence-electron chi connectivity index (χ2n) is 3.97. The summed E-state index contributed by atoms with van der Waals surface area (Å²) < 4.78 is 0. The Morgan fingerprint density at radius 3 is 2.60 bits per heavy atom. The number of anilines is 1.